The van der Waals surface area contributed by atoms with E-state index in [1.54, 1.807) is 0 Å². The Kier molecular flexibility index (Phi) is 3.96. The molecular formula is C12H20N4O2. The van der Waals surface area contributed by atoms with Crippen molar-refractivity contribution in [1.29, 1.82) is 0 Å². The number of nitrogens with zero attached hydrogens (tertiary/aromatic N) is 4. The quantitative estimate of drug-likeness (QED) is 0.764. The lowest BCUT2D eigenvalue weighted by Gasteiger charge is -2.18. The Labute approximate surface area is 107 Å². The fourth-order valence-electron chi connectivity index (χ4n) is 2.05. The van der Waals surface area contributed by atoms with E-state index in [2.05, 4.69) is 15.0 Å². The van der Waals surface area contributed by atoms with Crippen LogP contribution in [0.1, 0.15) is 31.0 Å². The van der Waals surface area contributed by atoms with Crippen LogP contribution in [0, 0.1) is 0 Å². The van der Waals surface area contributed by atoms with Crippen molar-refractivity contribution in [3.05, 3.63) is 11.7 Å². The first kappa shape index (κ1) is 13.0. The Balaban J connectivity index is 1.95. The molecule has 0 N–H and O–H groups in total. The second-order valence-corrected chi connectivity index (χ2v) is 4.95. The van der Waals surface area contributed by atoms with Crippen LogP contribution in [0.4, 0.5) is 0 Å². The average molecular weight is 252 g/mol. The van der Waals surface area contributed by atoms with E-state index in [0.29, 0.717) is 24.7 Å². The Hall–Kier alpha value is -1.43. The summed E-state index contributed by atoms with van der Waals surface area (Å²) in [5.74, 6) is 1.56. The lowest BCUT2D eigenvalue weighted by atomic mass is 10.1. The summed E-state index contributed by atoms with van der Waals surface area (Å²) in [6.45, 7) is 4.31. The summed E-state index contributed by atoms with van der Waals surface area (Å²) < 4.78 is 5.21. The summed E-state index contributed by atoms with van der Waals surface area (Å²) in [5.41, 5.74) is 0. The van der Waals surface area contributed by atoms with Gasteiger partial charge in [-0.3, -0.25) is 4.79 Å². The molecule has 1 atom stereocenters. The van der Waals surface area contributed by atoms with Crippen LogP contribution < -0.4 is 0 Å². The van der Waals surface area contributed by atoms with Gasteiger partial charge >= 0.3 is 0 Å². The summed E-state index contributed by atoms with van der Waals surface area (Å²) in [6.07, 6.45) is 1.24. The maximum atomic E-state index is 11.9. The number of carbonyl (C=O) groups is 1. The third-order valence-electron chi connectivity index (χ3n) is 3.18. The van der Waals surface area contributed by atoms with E-state index in [0.717, 1.165) is 19.5 Å². The highest BCUT2D eigenvalue weighted by Crippen LogP contribution is 2.26. The number of aromatic nitrogens is 2. The number of likely N-dealkylation sites (N-methyl/N-ethyl adjacent to an activating group) is 1. The molecule has 0 saturated carbocycles. The van der Waals surface area contributed by atoms with Crippen LogP contribution in [0.2, 0.25) is 0 Å². The molecule has 6 heteroatoms. The van der Waals surface area contributed by atoms with E-state index in [1.165, 1.54) is 0 Å². The van der Waals surface area contributed by atoms with Crippen molar-refractivity contribution >= 4 is 5.91 Å². The van der Waals surface area contributed by atoms with Crippen molar-refractivity contribution in [3.63, 3.8) is 0 Å². The van der Waals surface area contributed by atoms with Gasteiger partial charge in [-0.25, -0.2) is 0 Å². The van der Waals surface area contributed by atoms with Gasteiger partial charge in [0.15, 0.2) is 5.82 Å². The van der Waals surface area contributed by atoms with Gasteiger partial charge in [0.1, 0.15) is 0 Å². The lowest BCUT2D eigenvalue weighted by molar-refractivity contribution is -0.127. The lowest BCUT2D eigenvalue weighted by Crippen LogP contribution is -2.32. The minimum atomic E-state index is 0.0625. The SMILES string of the molecule is CCc1noc([C@@H]2CC(=O)N(CCN(C)C)C2)n1. The summed E-state index contributed by atoms with van der Waals surface area (Å²) in [5, 5.41) is 3.88. The monoisotopic (exact) mass is 252 g/mol. The minimum absolute atomic E-state index is 0.0625. The molecule has 0 bridgehead atoms. The Bertz CT molecular complexity index is 416. The zero-order valence-electron chi connectivity index (χ0n) is 11.2. The highest BCUT2D eigenvalue weighted by molar-refractivity contribution is 5.79. The fraction of sp³-hybridized carbons (Fsp3) is 0.750. The molecule has 1 aromatic heterocycles. The first-order chi connectivity index (χ1) is 8.60. The highest BCUT2D eigenvalue weighted by Gasteiger charge is 2.33. The molecule has 1 aromatic rings. The number of hydrogen-bond acceptors (Lipinski definition) is 5. The summed E-state index contributed by atoms with van der Waals surface area (Å²) in [7, 11) is 4.01. The predicted octanol–water partition coefficient (Wildman–Crippen LogP) is 0.509. The smallest absolute Gasteiger partial charge is 0.232 e. The molecule has 0 aliphatic carbocycles. The van der Waals surface area contributed by atoms with Crippen molar-refractivity contribution in [2.45, 2.75) is 25.7 Å². The van der Waals surface area contributed by atoms with Crippen molar-refractivity contribution in [1.82, 2.24) is 19.9 Å². The molecule has 2 heterocycles. The Morgan fingerprint density at radius 1 is 1.50 bits per heavy atom. The highest BCUT2D eigenvalue weighted by atomic mass is 16.5. The third kappa shape index (κ3) is 2.87. The minimum Gasteiger partial charge on any atom is -0.341 e. The molecule has 2 rings (SSSR count). The van der Waals surface area contributed by atoms with Crippen LogP contribution in [0.25, 0.3) is 0 Å². The number of carbonyl (C=O) groups excluding carboxylic acids is 1. The topological polar surface area (TPSA) is 62.5 Å². The first-order valence-corrected chi connectivity index (χ1v) is 6.35. The number of amides is 1. The molecule has 1 fully saturated rings. The molecule has 1 amide bonds. The van der Waals surface area contributed by atoms with Gasteiger partial charge in [0, 0.05) is 32.5 Å². The van der Waals surface area contributed by atoms with E-state index >= 15 is 0 Å². The molecular weight excluding hydrogens is 232 g/mol. The third-order valence-corrected chi connectivity index (χ3v) is 3.18. The van der Waals surface area contributed by atoms with Crippen LogP contribution in [0.3, 0.4) is 0 Å². The number of aryl methyl sites for hydroxylation is 1. The van der Waals surface area contributed by atoms with Gasteiger partial charge in [0.25, 0.3) is 0 Å². The Morgan fingerprint density at radius 3 is 2.89 bits per heavy atom. The molecule has 18 heavy (non-hydrogen) atoms. The largest absolute Gasteiger partial charge is 0.341 e. The standard InChI is InChI=1S/C12H20N4O2/c1-4-10-13-12(18-14-10)9-7-11(17)16(8-9)6-5-15(2)3/h9H,4-8H2,1-3H3/t9-/m1/s1. The molecule has 6 nitrogen and oxygen atoms in total. The van der Waals surface area contributed by atoms with E-state index in [4.69, 9.17) is 4.52 Å². The molecule has 0 aromatic carbocycles. The zero-order chi connectivity index (χ0) is 13.1. The molecule has 100 valence electrons. The van der Waals surface area contributed by atoms with Gasteiger partial charge in [0.05, 0.1) is 5.92 Å². The second kappa shape index (κ2) is 5.48. The van der Waals surface area contributed by atoms with E-state index in [1.807, 2.05) is 25.9 Å². The zero-order valence-corrected chi connectivity index (χ0v) is 11.2. The van der Waals surface area contributed by atoms with Crippen LogP contribution in [0.15, 0.2) is 4.52 Å². The molecule has 1 aliphatic heterocycles. The predicted molar refractivity (Wildman–Crippen MR) is 66.2 cm³/mol. The van der Waals surface area contributed by atoms with Crippen molar-refractivity contribution < 1.29 is 9.32 Å². The van der Waals surface area contributed by atoms with Gasteiger partial charge in [0.2, 0.25) is 11.8 Å². The van der Waals surface area contributed by atoms with Gasteiger partial charge in [-0.05, 0) is 14.1 Å². The normalized spacial score (nSPS) is 20.1. The maximum absolute atomic E-state index is 11.9. The van der Waals surface area contributed by atoms with Gasteiger partial charge in [-0.2, -0.15) is 4.98 Å². The van der Waals surface area contributed by atoms with Gasteiger partial charge in [-0.1, -0.05) is 12.1 Å². The molecule has 0 radical (unpaired) electrons. The molecule has 0 unspecified atom stereocenters. The van der Waals surface area contributed by atoms with Crippen molar-refractivity contribution in [2.24, 2.45) is 0 Å². The first-order valence-electron chi connectivity index (χ1n) is 6.35. The molecule has 1 aliphatic rings. The average Bonchev–Trinajstić information content (AvgIpc) is 2.92. The van der Waals surface area contributed by atoms with Crippen LogP contribution in [0.5, 0.6) is 0 Å². The van der Waals surface area contributed by atoms with Crippen molar-refractivity contribution in [3.8, 4) is 0 Å². The maximum Gasteiger partial charge on any atom is 0.232 e. The van der Waals surface area contributed by atoms with Crippen LogP contribution >= 0.6 is 0 Å². The van der Waals surface area contributed by atoms with E-state index < -0.39 is 0 Å². The summed E-state index contributed by atoms with van der Waals surface area (Å²) in [6, 6.07) is 0. The number of likely N-dealkylation sites (tertiary alicyclic amines) is 1. The van der Waals surface area contributed by atoms with Crippen LogP contribution in [-0.4, -0.2) is 59.6 Å². The number of hydrogen-bond donors (Lipinski definition) is 0. The van der Waals surface area contributed by atoms with Crippen LogP contribution in [-0.2, 0) is 11.2 Å². The molecule has 0 spiro atoms. The summed E-state index contributed by atoms with van der Waals surface area (Å²) in [4.78, 5) is 20.1. The summed E-state index contributed by atoms with van der Waals surface area (Å²) >= 11 is 0. The number of rotatable bonds is 5. The Morgan fingerprint density at radius 2 is 2.28 bits per heavy atom. The van der Waals surface area contributed by atoms with E-state index in [9.17, 15) is 4.79 Å². The van der Waals surface area contributed by atoms with Gasteiger partial charge < -0.3 is 14.3 Å². The van der Waals surface area contributed by atoms with E-state index in [-0.39, 0.29) is 11.8 Å². The van der Waals surface area contributed by atoms with Crippen molar-refractivity contribution in [2.75, 3.05) is 33.7 Å². The van der Waals surface area contributed by atoms with Gasteiger partial charge in [-0.15, -0.1) is 0 Å². The fourth-order valence-corrected chi connectivity index (χ4v) is 2.05. The second-order valence-electron chi connectivity index (χ2n) is 4.95. The molecule has 1 saturated heterocycles.